The van der Waals surface area contributed by atoms with E-state index in [9.17, 15) is 9.18 Å². The van der Waals surface area contributed by atoms with Crippen molar-refractivity contribution < 1.29 is 13.9 Å². The zero-order valence-electron chi connectivity index (χ0n) is 13.5. The number of amides is 2. The molecule has 3 rings (SSSR count). The van der Waals surface area contributed by atoms with Crippen LogP contribution in [0.1, 0.15) is 30.3 Å². The van der Waals surface area contributed by atoms with E-state index in [1.165, 1.54) is 12.1 Å². The molecule has 2 N–H and O–H groups in total. The van der Waals surface area contributed by atoms with Crippen LogP contribution in [0.4, 0.5) is 9.18 Å². The number of aromatic nitrogens is 2. The minimum Gasteiger partial charge on any atom is -0.376 e. The Balaban J connectivity index is 1.71. The lowest BCUT2D eigenvalue weighted by molar-refractivity contribution is 0.111. The van der Waals surface area contributed by atoms with Crippen LogP contribution in [0.25, 0.3) is 0 Å². The number of nitrogens with zero attached hydrogens (tertiary/aromatic N) is 2. The monoisotopic (exact) mass is 332 g/mol. The zero-order chi connectivity index (χ0) is 16.9. The van der Waals surface area contributed by atoms with Gasteiger partial charge in [0.2, 0.25) is 0 Å². The van der Waals surface area contributed by atoms with E-state index in [1.54, 1.807) is 24.5 Å². The number of imidazole rings is 1. The number of hydrogen-bond acceptors (Lipinski definition) is 3. The molecule has 2 heterocycles. The molecular weight excluding hydrogens is 311 g/mol. The zero-order valence-corrected chi connectivity index (χ0v) is 13.5. The molecule has 2 amide bonds. The molecule has 0 unspecified atom stereocenters. The van der Waals surface area contributed by atoms with Crippen LogP contribution in [-0.4, -0.2) is 34.8 Å². The Labute approximate surface area is 140 Å². The predicted molar refractivity (Wildman–Crippen MR) is 87.0 cm³/mol. The van der Waals surface area contributed by atoms with E-state index in [0.717, 1.165) is 25.0 Å². The third-order valence-electron chi connectivity index (χ3n) is 4.11. The second-order valence-corrected chi connectivity index (χ2v) is 5.87. The lowest BCUT2D eigenvalue weighted by Crippen LogP contribution is -2.42. The van der Waals surface area contributed by atoms with Crippen molar-refractivity contribution >= 4 is 6.03 Å². The van der Waals surface area contributed by atoms with Gasteiger partial charge >= 0.3 is 6.03 Å². The van der Waals surface area contributed by atoms with Gasteiger partial charge in [-0.3, -0.25) is 0 Å². The van der Waals surface area contributed by atoms with E-state index in [2.05, 4.69) is 15.6 Å². The Morgan fingerprint density at radius 3 is 2.88 bits per heavy atom. The smallest absolute Gasteiger partial charge is 0.315 e. The molecule has 0 aliphatic carbocycles. The maximum Gasteiger partial charge on any atom is 0.315 e. The van der Waals surface area contributed by atoms with Crippen molar-refractivity contribution in [2.45, 2.75) is 25.0 Å². The molecule has 1 aromatic carbocycles. The topological polar surface area (TPSA) is 68.2 Å². The quantitative estimate of drug-likeness (QED) is 0.881. The third kappa shape index (κ3) is 3.91. The number of hydrogen-bond donors (Lipinski definition) is 2. The van der Waals surface area contributed by atoms with Crippen molar-refractivity contribution in [1.82, 2.24) is 20.2 Å². The average molecular weight is 332 g/mol. The number of carbonyl (C=O) groups is 1. The van der Waals surface area contributed by atoms with E-state index in [-0.39, 0.29) is 18.0 Å². The molecule has 7 heteroatoms. The third-order valence-corrected chi connectivity index (χ3v) is 4.11. The summed E-state index contributed by atoms with van der Waals surface area (Å²) in [5, 5.41) is 5.74. The highest BCUT2D eigenvalue weighted by atomic mass is 19.1. The maximum absolute atomic E-state index is 13.2. The fourth-order valence-electron chi connectivity index (χ4n) is 2.80. The SMILES string of the molecule is Cn1ccnc1[C@H](NC(=O)NC[C@H]1CCCO1)c1ccc(F)cc1. The fraction of sp³-hybridized carbons (Fsp3) is 0.412. The molecule has 2 aromatic rings. The molecule has 1 saturated heterocycles. The number of benzene rings is 1. The first-order valence-corrected chi connectivity index (χ1v) is 8.02. The highest BCUT2D eigenvalue weighted by molar-refractivity contribution is 5.74. The van der Waals surface area contributed by atoms with Crippen LogP contribution in [0.2, 0.25) is 0 Å². The van der Waals surface area contributed by atoms with Crippen LogP contribution in [0.3, 0.4) is 0 Å². The van der Waals surface area contributed by atoms with E-state index >= 15 is 0 Å². The molecule has 1 aliphatic rings. The fourth-order valence-corrected chi connectivity index (χ4v) is 2.80. The highest BCUT2D eigenvalue weighted by Crippen LogP contribution is 2.20. The van der Waals surface area contributed by atoms with Gasteiger partial charge in [0.05, 0.1) is 6.10 Å². The van der Waals surface area contributed by atoms with Crippen LogP contribution in [-0.2, 0) is 11.8 Å². The van der Waals surface area contributed by atoms with Crippen molar-refractivity contribution in [3.05, 3.63) is 53.9 Å². The van der Waals surface area contributed by atoms with Gasteiger partial charge in [-0.2, -0.15) is 0 Å². The summed E-state index contributed by atoms with van der Waals surface area (Å²) in [5.74, 6) is 0.356. The summed E-state index contributed by atoms with van der Waals surface area (Å²) in [5.41, 5.74) is 0.762. The van der Waals surface area contributed by atoms with Crippen LogP contribution in [0, 0.1) is 5.82 Å². The summed E-state index contributed by atoms with van der Waals surface area (Å²) in [6.07, 6.45) is 5.53. The molecule has 1 aliphatic heterocycles. The van der Waals surface area contributed by atoms with E-state index < -0.39 is 6.04 Å². The van der Waals surface area contributed by atoms with Gasteiger partial charge in [-0.1, -0.05) is 12.1 Å². The molecule has 2 atom stereocenters. The lowest BCUT2D eigenvalue weighted by atomic mass is 10.1. The van der Waals surface area contributed by atoms with Crippen molar-refractivity contribution in [3.63, 3.8) is 0 Å². The van der Waals surface area contributed by atoms with Crippen molar-refractivity contribution in [2.24, 2.45) is 7.05 Å². The summed E-state index contributed by atoms with van der Waals surface area (Å²) in [4.78, 5) is 16.6. The number of carbonyl (C=O) groups excluding carboxylic acids is 1. The number of urea groups is 1. The standard InChI is InChI=1S/C17H21FN4O2/c1-22-9-8-19-16(22)15(12-4-6-13(18)7-5-12)21-17(23)20-11-14-3-2-10-24-14/h4-9,14-15H,2-3,10-11H2,1H3,(H2,20,21,23)/t14-,15-/m1/s1. The lowest BCUT2D eigenvalue weighted by Gasteiger charge is -2.20. The summed E-state index contributed by atoms with van der Waals surface area (Å²) in [7, 11) is 1.85. The summed E-state index contributed by atoms with van der Waals surface area (Å²) >= 11 is 0. The molecule has 0 bridgehead atoms. The molecule has 1 aromatic heterocycles. The number of aryl methyl sites for hydroxylation is 1. The molecule has 6 nitrogen and oxygen atoms in total. The summed E-state index contributed by atoms with van der Waals surface area (Å²) in [6.45, 7) is 1.22. The number of ether oxygens (including phenoxy) is 1. The van der Waals surface area contributed by atoms with Gasteiger partial charge in [0.1, 0.15) is 17.7 Å². The normalized spacial score (nSPS) is 18.3. The van der Waals surface area contributed by atoms with Gasteiger partial charge in [-0.05, 0) is 30.5 Å². The minimum atomic E-state index is -0.463. The second-order valence-electron chi connectivity index (χ2n) is 5.87. The Kier molecular flexibility index (Phi) is 5.10. The molecule has 0 saturated carbocycles. The Morgan fingerprint density at radius 2 is 2.25 bits per heavy atom. The van der Waals surface area contributed by atoms with Crippen molar-refractivity contribution in [3.8, 4) is 0 Å². The average Bonchev–Trinajstić information content (AvgIpc) is 3.23. The second kappa shape index (κ2) is 7.44. The molecule has 24 heavy (non-hydrogen) atoms. The maximum atomic E-state index is 13.2. The van der Waals surface area contributed by atoms with Crippen LogP contribution in [0.15, 0.2) is 36.7 Å². The minimum absolute atomic E-state index is 0.0770. The van der Waals surface area contributed by atoms with Gasteiger partial charge < -0.3 is 19.9 Å². The Morgan fingerprint density at radius 1 is 1.46 bits per heavy atom. The van der Waals surface area contributed by atoms with Crippen LogP contribution >= 0.6 is 0 Å². The van der Waals surface area contributed by atoms with Crippen LogP contribution < -0.4 is 10.6 Å². The molecular formula is C17H21FN4O2. The first-order chi connectivity index (χ1) is 11.6. The predicted octanol–water partition coefficient (Wildman–Crippen LogP) is 2.13. The van der Waals surface area contributed by atoms with Gasteiger partial charge in [0.25, 0.3) is 0 Å². The first kappa shape index (κ1) is 16.4. The van der Waals surface area contributed by atoms with Gasteiger partial charge in [-0.15, -0.1) is 0 Å². The Hall–Kier alpha value is -2.41. The largest absolute Gasteiger partial charge is 0.376 e. The van der Waals surface area contributed by atoms with E-state index in [0.29, 0.717) is 12.4 Å². The Bertz CT molecular complexity index is 680. The number of halogens is 1. The molecule has 0 spiro atoms. The highest BCUT2D eigenvalue weighted by Gasteiger charge is 2.22. The molecule has 128 valence electrons. The molecule has 0 radical (unpaired) electrons. The number of nitrogens with one attached hydrogen (secondary N) is 2. The number of rotatable bonds is 5. The first-order valence-electron chi connectivity index (χ1n) is 8.02. The van der Waals surface area contributed by atoms with Crippen molar-refractivity contribution in [1.29, 1.82) is 0 Å². The summed E-state index contributed by atoms with van der Waals surface area (Å²) in [6, 6.07) is 5.27. The van der Waals surface area contributed by atoms with Crippen molar-refractivity contribution in [2.75, 3.05) is 13.2 Å². The van der Waals surface area contributed by atoms with Gasteiger partial charge in [-0.25, -0.2) is 14.2 Å². The summed E-state index contributed by atoms with van der Waals surface area (Å²) < 4.78 is 20.5. The van der Waals surface area contributed by atoms with E-state index in [4.69, 9.17) is 4.74 Å². The van der Waals surface area contributed by atoms with Crippen LogP contribution in [0.5, 0.6) is 0 Å². The van der Waals surface area contributed by atoms with Gasteiger partial charge in [0.15, 0.2) is 0 Å². The van der Waals surface area contributed by atoms with Gasteiger partial charge in [0, 0.05) is 32.6 Å². The molecule has 1 fully saturated rings. The van der Waals surface area contributed by atoms with E-state index in [1.807, 2.05) is 11.6 Å².